The normalized spacial score (nSPS) is 14.1. The second-order valence-electron chi connectivity index (χ2n) is 5.10. The minimum absolute atomic E-state index is 0.0804. The minimum Gasteiger partial charge on any atom is -0.293 e. The molecule has 4 heteroatoms. The number of Topliss-reactive ketones (excluding diaryl/α,β-unsaturated/α-hetero) is 1. The Hall–Kier alpha value is -1.55. The zero-order valence-corrected chi connectivity index (χ0v) is 11.7. The predicted molar refractivity (Wildman–Crippen MR) is 75.4 cm³/mol. The van der Waals surface area contributed by atoms with Crippen LogP contribution in [0.1, 0.15) is 38.5 Å². The van der Waals surface area contributed by atoms with Crippen LogP contribution >= 0.6 is 11.3 Å². The van der Waals surface area contributed by atoms with E-state index in [1.807, 2.05) is 6.07 Å². The lowest BCUT2D eigenvalue weighted by Crippen LogP contribution is -2.04. The topological polar surface area (TPSA) is 17.1 Å². The Morgan fingerprint density at radius 2 is 1.95 bits per heavy atom. The summed E-state index contributed by atoms with van der Waals surface area (Å²) in [4.78, 5) is 14.2. The van der Waals surface area contributed by atoms with E-state index in [0.717, 1.165) is 37.5 Å². The molecule has 0 aliphatic heterocycles. The van der Waals surface area contributed by atoms with Gasteiger partial charge in [-0.15, -0.1) is 11.3 Å². The van der Waals surface area contributed by atoms with Crippen LogP contribution in [0.25, 0.3) is 0 Å². The van der Waals surface area contributed by atoms with Gasteiger partial charge in [-0.1, -0.05) is 0 Å². The van der Waals surface area contributed by atoms with E-state index >= 15 is 0 Å². The fraction of sp³-hybridized carbons (Fsp3) is 0.312. The number of hydrogen-bond acceptors (Lipinski definition) is 2. The third kappa shape index (κ3) is 2.66. The summed E-state index contributed by atoms with van der Waals surface area (Å²) in [6, 6.07) is 5.16. The standard InChI is InChI=1S/C16H14F2OS/c17-12-5-6-13(18)11(7-12)8-14(19)16-9-10-3-1-2-4-15(10)20-16/h5-7,9H,1-4,8H2. The molecule has 0 N–H and O–H groups in total. The fourth-order valence-corrected chi connectivity index (χ4v) is 3.76. The van der Waals surface area contributed by atoms with Gasteiger partial charge in [0.25, 0.3) is 0 Å². The summed E-state index contributed by atoms with van der Waals surface area (Å²) in [6.07, 6.45) is 4.30. The Morgan fingerprint density at radius 1 is 1.15 bits per heavy atom. The van der Waals surface area contributed by atoms with Crippen molar-refractivity contribution in [3.8, 4) is 0 Å². The second kappa shape index (κ2) is 5.44. The molecular formula is C16H14F2OS. The summed E-state index contributed by atoms with van der Waals surface area (Å²) in [7, 11) is 0. The van der Waals surface area contributed by atoms with Crippen molar-refractivity contribution in [3.63, 3.8) is 0 Å². The van der Waals surface area contributed by atoms with Crippen molar-refractivity contribution >= 4 is 17.1 Å². The SMILES string of the molecule is O=C(Cc1cc(F)ccc1F)c1cc2c(s1)CCCC2. The molecule has 1 aliphatic carbocycles. The summed E-state index contributed by atoms with van der Waals surface area (Å²) < 4.78 is 26.7. The van der Waals surface area contributed by atoms with Gasteiger partial charge in [-0.05, 0) is 61.1 Å². The van der Waals surface area contributed by atoms with Crippen LogP contribution in [0.3, 0.4) is 0 Å². The number of thiophene rings is 1. The molecule has 1 aromatic carbocycles. The van der Waals surface area contributed by atoms with Crippen molar-refractivity contribution in [2.24, 2.45) is 0 Å². The first kappa shape index (κ1) is 13.4. The molecule has 1 aromatic heterocycles. The van der Waals surface area contributed by atoms with Crippen LogP contribution < -0.4 is 0 Å². The molecule has 1 nitrogen and oxygen atoms in total. The number of benzene rings is 1. The average molecular weight is 292 g/mol. The van der Waals surface area contributed by atoms with Crippen molar-refractivity contribution in [3.05, 3.63) is 56.8 Å². The predicted octanol–water partition coefficient (Wildman–Crippen LogP) is 4.33. The van der Waals surface area contributed by atoms with Crippen LogP contribution in [0.5, 0.6) is 0 Å². The number of carbonyl (C=O) groups excluding carboxylic acids is 1. The van der Waals surface area contributed by atoms with E-state index in [0.29, 0.717) is 4.88 Å². The largest absolute Gasteiger partial charge is 0.293 e. The zero-order chi connectivity index (χ0) is 14.1. The van der Waals surface area contributed by atoms with Crippen LogP contribution in [-0.4, -0.2) is 5.78 Å². The first-order valence-corrected chi connectivity index (χ1v) is 7.54. The highest BCUT2D eigenvalue weighted by atomic mass is 32.1. The van der Waals surface area contributed by atoms with Crippen LogP contribution in [0.15, 0.2) is 24.3 Å². The highest BCUT2D eigenvalue weighted by Gasteiger charge is 2.18. The van der Waals surface area contributed by atoms with Crippen molar-refractivity contribution in [1.29, 1.82) is 0 Å². The van der Waals surface area contributed by atoms with Gasteiger partial charge < -0.3 is 0 Å². The third-order valence-corrected chi connectivity index (χ3v) is 4.91. The van der Waals surface area contributed by atoms with E-state index < -0.39 is 11.6 Å². The van der Waals surface area contributed by atoms with Crippen molar-refractivity contribution < 1.29 is 13.6 Å². The molecule has 0 unspecified atom stereocenters. The Bertz CT molecular complexity index is 637. The number of halogens is 2. The molecule has 0 saturated heterocycles. The quantitative estimate of drug-likeness (QED) is 0.770. The van der Waals surface area contributed by atoms with Crippen molar-refractivity contribution in [2.45, 2.75) is 32.1 Å². The van der Waals surface area contributed by atoms with Gasteiger partial charge in [0.1, 0.15) is 11.6 Å². The fourth-order valence-electron chi connectivity index (χ4n) is 2.57. The summed E-state index contributed by atoms with van der Waals surface area (Å²) in [5.74, 6) is -1.17. The van der Waals surface area contributed by atoms with Crippen LogP contribution in [0.2, 0.25) is 0 Å². The summed E-state index contributed by atoms with van der Waals surface area (Å²) in [5.41, 5.74) is 1.38. The zero-order valence-electron chi connectivity index (χ0n) is 10.9. The molecule has 0 spiro atoms. The number of ketones is 1. The van der Waals surface area contributed by atoms with Gasteiger partial charge in [-0.25, -0.2) is 8.78 Å². The Kier molecular flexibility index (Phi) is 3.66. The van der Waals surface area contributed by atoms with Gasteiger partial charge in [0.2, 0.25) is 0 Å². The van der Waals surface area contributed by atoms with Gasteiger partial charge in [0, 0.05) is 11.3 Å². The smallest absolute Gasteiger partial charge is 0.177 e. The summed E-state index contributed by atoms with van der Waals surface area (Å²) in [6.45, 7) is 0. The number of carbonyl (C=O) groups is 1. The highest BCUT2D eigenvalue weighted by Crippen LogP contribution is 2.30. The molecule has 1 aliphatic rings. The number of fused-ring (bicyclic) bond motifs is 1. The highest BCUT2D eigenvalue weighted by molar-refractivity contribution is 7.14. The molecule has 20 heavy (non-hydrogen) atoms. The monoisotopic (exact) mass is 292 g/mol. The van der Waals surface area contributed by atoms with E-state index in [1.165, 1.54) is 28.2 Å². The Morgan fingerprint density at radius 3 is 2.75 bits per heavy atom. The van der Waals surface area contributed by atoms with Gasteiger partial charge >= 0.3 is 0 Å². The van der Waals surface area contributed by atoms with E-state index in [4.69, 9.17) is 0 Å². The second-order valence-corrected chi connectivity index (χ2v) is 6.24. The summed E-state index contributed by atoms with van der Waals surface area (Å²) in [5, 5.41) is 0. The molecular weight excluding hydrogens is 278 g/mol. The number of rotatable bonds is 3. The van der Waals surface area contributed by atoms with Gasteiger partial charge in [-0.2, -0.15) is 0 Å². The molecule has 0 fully saturated rings. The Labute approximate surface area is 120 Å². The maximum Gasteiger partial charge on any atom is 0.177 e. The van der Waals surface area contributed by atoms with Gasteiger partial charge in [-0.3, -0.25) is 4.79 Å². The molecule has 1 heterocycles. The molecule has 0 atom stereocenters. The Balaban J connectivity index is 1.82. The maximum absolute atomic E-state index is 13.6. The van der Waals surface area contributed by atoms with Crippen molar-refractivity contribution in [1.82, 2.24) is 0 Å². The number of aryl methyl sites for hydroxylation is 2. The van der Waals surface area contributed by atoms with E-state index in [2.05, 4.69) is 0 Å². The first-order valence-electron chi connectivity index (χ1n) is 6.72. The molecule has 3 rings (SSSR count). The van der Waals surface area contributed by atoms with E-state index in [-0.39, 0.29) is 17.8 Å². The van der Waals surface area contributed by atoms with Crippen molar-refractivity contribution in [2.75, 3.05) is 0 Å². The molecule has 104 valence electrons. The molecule has 0 amide bonds. The number of hydrogen-bond donors (Lipinski definition) is 0. The van der Waals surface area contributed by atoms with Crippen LogP contribution in [0, 0.1) is 11.6 Å². The first-order chi connectivity index (χ1) is 9.63. The molecule has 0 saturated carbocycles. The lowest BCUT2D eigenvalue weighted by Gasteiger charge is -2.08. The maximum atomic E-state index is 13.6. The van der Waals surface area contributed by atoms with E-state index in [9.17, 15) is 13.6 Å². The summed E-state index contributed by atoms with van der Waals surface area (Å²) >= 11 is 1.51. The lowest BCUT2D eigenvalue weighted by molar-refractivity contribution is 0.0995. The third-order valence-electron chi connectivity index (χ3n) is 3.63. The lowest BCUT2D eigenvalue weighted by atomic mass is 9.98. The molecule has 2 aromatic rings. The van der Waals surface area contributed by atoms with Gasteiger partial charge in [0.15, 0.2) is 5.78 Å². The molecule has 0 bridgehead atoms. The average Bonchev–Trinajstić information content (AvgIpc) is 2.87. The van der Waals surface area contributed by atoms with E-state index in [1.54, 1.807) is 0 Å². The van der Waals surface area contributed by atoms with Crippen LogP contribution in [-0.2, 0) is 19.3 Å². The van der Waals surface area contributed by atoms with Crippen LogP contribution in [0.4, 0.5) is 8.78 Å². The minimum atomic E-state index is -0.527. The van der Waals surface area contributed by atoms with Gasteiger partial charge in [0.05, 0.1) is 4.88 Å². The molecule has 0 radical (unpaired) electrons.